The van der Waals surface area contributed by atoms with Crippen LogP contribution in [-0.4, -0.2) is 73.5 Å². The van der Waals surface area contributed by atoms with Gasteiger partial charge in [-0.05, 0) is 83.3 Å². The highest BCUT2D eigenvalue weighted by Gasteiger charge is 2.30. The molecule has 0 bridgehead atoms. The molecule has 0 unspecified atom stereocenters. The van der Waals surface area contributed by atoms with E-state index in [0.29, 0.717) is 24.4 Å². The van der Waals surface area contributed by atoms with E-state index in [2.05, 4.69) is 41.0 Å². The molecule has 1 aliphatic carbocycles. The van der Waals surface area contributed by atoms with Crippen molar-refractivity contribution in [3.8, 4) is 0 Å². The molecule has 1 aromatic rings. The number of carbonyl (C=O) groups excluding carboxylic acids is 1. The van der Waals surface area contributed by atoms with E-state index in [9.17, 15) is 4.79 Å². The monoisotopic (exact) mass is 385 g/mol. The van der Waals surface area contributed by atoms with Crippen LogP contribution in [0.2, 0.25) is 0 Å². The van der Waals surface area contributed by atoms with Crippen LogP contribution in [0.1, 0.15) is 49.7 Å². The van der Waals surface area contributed by atoms with Gasteiger partial charge in [0.25, 0.3) is 0 Å². The number of likely N-dealkylation sites (tertiary alicyclic amines) is 1. The first-order valence-electron chi connectivity index (χ1n) is 11.2. The summed E-state index contributed by atoms with van der Waals surface area (Å²) in [6, 6.07) is 9.24. The Hall–Kier alpha value is -1.39. The summed E-state index contributed by atoms with van der Waals surface area (Å²) < 4.78 is 0. The highest BCUT2D eigenvalue weighted by atomic mass is 16.2. The molecule has 0 spiro atoms. The van der Waals surface area contributed by atoms with Crippen LogP contribution < -0.4 is 0 Å². The number of likely N-dealkylation sites (N-methyl/N-ethyl adjacent to an activating group) is 1. The molecule has 4 heteroatoms. The lowest BCUT2D eigenvalue weighted by Gasteiger charge is -2.37. The van der Waals surface area contributed by atoms with Crippen molar-refractivity contribution in [1.82, 2.24) is 14.7 Å². The molecule has 0 radical (unpaired) electrons. The smallest absolute Gasteiger partial charge is 0.236 e. The molecular weight excluding hydrogens is 346 g/mol. The van der Waals surface area contributed by atoms with Crippen LogP contribution in [0.25, 0.3) is 0 Å². The van der Waals surface area contributed by atoms with Crippen LogP contribution in [-0.2, 0) is 11.2 Å². The number of carbonyl (C=O) groups is 1. The number of aryl methyl sites for hydroxylation is 1. The van der Waals surface area contributed by atoms with Crippen molar-refractivity contribution < 1.29 is 4.79 Å². The van der Waals surface area contributed by atoms with Crippen LogP contribution in [0.3, 0.4) is 0 Å². The maximum absolute atomic E-state index is 12.8. The van der Waals surface area contributed by atoms with Gasteiger partial charge in [0.1, 0.15) is 0 Å². The zero-order chi connectivity index (χ0) is 19.9. The summed E-state index contributed by atoms with van der Waals surface area (Å²) >= 11 is 0. The fourth-order valence-corrected chi connectivity index (χ4v) is 4.87. The minimum Gasteiger partial charge on any atom is -0.338 e. The normalized spacial score (nSPS) is 19.4. The van der Waals surface area contributed by atoms with E-state index < -0.39 is 0 Å². The van der Waals surface area contributed by atoms with Crippen LogP contribution >= 0.6 is 0 Å². The predicted molar refractivity (Wildman–Crippen MR) is 117 cm³/mol. The van der Waals surface area contributed by atoms with Gasteiger partial charge in [0.05, 0.1) is 6.54 Å². The van der Waals surface area contributed by atoms with Gasteiger partial charge in [-0.3, -0.25) is 4.79 Å². The fourth-order valence-electron chi connectivity index (χ4n) is 4.87. The molecule has 1 aliphatic heterocycles. The third-order valence-electron chi connectivity index (χ3n) is 6.66. The Kier molecular flexibility index (Phi) is 7.92. The Morgan fingerprint density at radius 2 is 1.75 bits per heavy atom. The van der Waals surface area contributed by atoms with Gasteiger partial charge in [-0.25, -0.2) is 0 Å². The lowest BCUT2D eigenvalue weighted by molar-refractivity contribution is -0.135. The zero-order valence-electron chi connectivity index (χ0n) is 18.2. The van der Waals surface area contributed by atoms with Gasteiger partial charge >= 0.3 is 0 Å². The molecule has 1 aromatic carbocycles. The van der Waals surface area contributed by atoms with Crippen LogP contribution in [0, 0.1) is 12.8 Å². The minimum absolute atomic E-state index is 0.332. The Morgan fingerprint density at radius 1 is 1.07 bits per heavy atom. The highest BCUT2D eigenvalue weighted by molar-refractivity contribution is 5.78. The molecule has 1 saturated heterocycles. The number of hydrogen-bond acceptors (Lipinski definition) is 3. The van der Waals surface area contributed by atoms with Gasteiger partial charge in [-0.1, -0.05) is 37.1 Å². The molecule has 28 heavy (non-hydrogen) atoms. The van der Waals surface area contributed by atoms with Gasteiger partial charge in [0.2, 0.25) is 5.91 Å². The number of rotatable bonds is 8. The first kappa shape index (κ1) is 21.3. The maximum atomic E-state index is 12.8. The Morgan fingerprint density at radius 3 is 2.39 bits per heavy atom. The van der Waals surface area contributed by atoms with Crippen LogP contribution in [0.15, 0.2) is 24.3 Å². The van der Waals surface area contributed by atoms with E-state index in [0.717, 1.165) is 19.5 Å². The topological polar surface area (TPSA) is 26.8 Å². The van der Waals surface area contributed by atoms with Crippen molar-refractivity contribution in [1.29, 1.82) is 0 Å². The SMILES string of the molecule is Cc1ccccc1CCN1CCC(CN(C(=O)CN(C)C)C2CCCC2)CC1. The van der Waals surface area contributed by atoms with Gasteiger partial charge in [0.15, 0.2) is 0 Å². The van der Waals surface area contributed by atoms with E-state index >= 15 is 0 Å². The highest BCUT2D eigenvalue weighted by Crippen LogP contribution is 2.27. The van der Waals surface area contributed by atoms with Crippen molar-refractivity contribution in [2.45, 2.75) is 57.9 Å². The first-order chi connectivity index (χ1) is 13.5. The molecule has 0 aromatic heterocycles. The quantitative estimate of drug-likeness (QED) is 0.684. The standard InChI is InChI=1S/C24H39N3O/c1-20-8-4-5-9-22(20)14-17-26-15-12-21(13-16-26)18-27(23-10-6-7-11-23)24(28)19-25(2)3/h4-5,8-9,21,23H,6-7,10-19H2,1-3H3. The number of piperidine rings is 1. The van der Waals surface area contributed by atoms with E-state index in [1.807, 2.05) is 19.0 Å². The second kappa shape index (κ2) is 10.4. The molecule has 0 atom stereocenters. The molecule has 2 aliphatic rings. The fraction of sp³-hybridized carbons (Fsp3) is 0.708. The molecule has 1 heterocycles. The average molecular weight is 386 g/mol. The van der Waals surface area contributed by atoms with Gasteiger partial charge < -0.3 is 14.7 Å². The lowest BCUT2D eigenvalue weighted by Crippen LogP contribution is -2.47. The summed E-state index contributed by atoms with van der Waals surface area (Å²) in [5.41, 5.74) is 2.88. The number of amides is 1. The first-order valence-corrected chi connectivity index (χ1v) is 11.2. The third-order valence-corrected chi connectivity index (χ3v) is 6.66. The summed E-state index contributed by atoms with van der Waals surface area (Å²) in [6.07, 6.45) is 8.58. The number of benzene rings is 1. The Labute approximate surface area is 171 Å². The molecular formula is C24H39N3O. The van der Waals surface area contributed by atoms with E-state index in [1.54, 1.807) is 0 Å². The second-order valence-electron chi connectivity index (χ2n) is 9.18. The number of hydrogen-bond donors (Lipinski definition) is 0. The van der Waals surface area contributed by atoms with Crippen molar-refractivity contribution >= 4 is 5.91 Å². The van der Waals surface area contributed by atoms with Crippen molar-refractivity contribution in [2.24, 2.45) is 5.92 Å². The summed E-state index contributed by atoms with van der Waals surface area (Å²) in [4.78, 5) is 19.7. The summed E-state index contributed by atoms with van der Waals surface area (Å²) in [7, 11) is 4.00. The van der Waals surface area contributed by atoms with Crippen molar-refractivity contribution in [3.05, 3.63) is 35.4 Å². The zero-order valence-corrected chi connectivity index (χ0v) is 18.2. The summed E-state index contributed by atoms with van der Waals surface area (Å²) in [5.74, 6) is 1.00. The third kappa shape index (κ3) is 6.05. The van der Waals surface area contributed by atoms with E-state index in [-0.39, 0.29) is 0 Å². The molecule has 3 rings (SSSR count). The van der Waals surface area contributed by atoms with Gasteiger partial charge in [0, 0.05) is 19.1 Å². The van der Waals surface area contributed by atoms with Crippen molar-refractivity contribution in [2.75, 3.05) is 46.8 Å². The minimum atomic E-state index is 0.332. The van der Waals surface area contributed by atoms with Gasteiger partial charge in [-0.2, -0.15) is 0 Å². The average Bonchev–Trinajstić information content (AvgIpc) is 3.20. The summed E-state index contributed by atoms with van der Waals surface area (Å²) in [6.45, 7) is 7.25. The van der Waals surface area contributed by atoms with E-state index in [4.69, 9.17) is 0 Å². The molecule has 1 saturated carbocycles. The van der Waals surface area contributed by atoms with Gasteiger partial charge in [-0.15, -0.1) is 0 Å². The Balaban J connectivity index is 1.47. The predicted octanol–water partition coefficient (Wildman–Crippen LogP) is 3.58. The number of nitrogens with zero attached hydrogens (tertiary/aromatic N) is 3. The lowest BCUT2D eigenvalue weighted by atomic mass is 9.94. The van der Waals surface area contributed by atoms with E-state index in [1.165, 1.54) is 62.7 Å². The summed E-state index contributed by atoms with van der Waals surface area (Å²) in [5, 5.41) is 0. The molecule has 4 nitrogen and oxygen atoms in total. The van der Waals surface area contributed by atoms with Crippen LogP contribution in [0.5, 0.6) is 0 Å². The Bertz CT molecular complexity index is 616. The van der Waals surface area contributed by atoms with Crippen molar-refractivity contribution in [3.63, 3.8) is 0 Å². The molecule has 0 N–H and O–H groups in total. The molecule has 1 amide bonds. The maximum Gasteiger partial charge on any atom is 0.236 e. The second-order valence-corrected chi connectivity index (χ2v) is 9.18. The largest absolute Gasteiger partial charge is 0.338 e. The molecule has 156 valence electrons. The molecule has 2 fully saturated rings. The van der Waals surface area contributed by atoms with Crippen LogP contribution in [0.4, 0.5) is 0 Å².